The van der Waals surface area contributed by atoms with Gasteiger partial charge in [0.15, 0.2) is 0 Å². The van der Waals surface area contributed by atoms with Crippen molar-refractivity contribution in [1.29, 1.82) is 0 Å². The Hall–Kier alpha value is -0.520. The number of nitrogens with two attached hydrogens (primary N) is 1. The van der Waals surface area contributed by atoms with Crippen molar-refractivity contribution in [3.8, 4) is 0 Å². The minimum absolute atomic E-state index is 0.295. The molecule has 0 aromatic carbocycles. The van der Waals surface area contributed by atoms with E-state index in [2.05, 4.69) is 37.5 Å². The maximum absolute atomic E-state index is 5.59. The van der Waals surface area contributed by atoms with Crippen molar-refractivity contribution in [3.05, 3.63) is 18.0 Å². The van der Waals surface area contributed by atoms with Crippen molar-refractivity contribution in [2.75, 3.05) is 5.75 Å². The van der Waals surface area contributed by atoms with Gasteiger partial charge >= 0.3 is 0 Å². The Morgan fingerprint density at radius 2 is 2.24 bits per heavy atom. The highest BCUT2D eigenvalue weighted by molar-refractivity contribution is 8.00. The molecule has 0 saturated carbocycles. The summed E-state index contributed by atoms with van der Waals surface area (Å²) in [6.45, 7) is 6.69. The normalized spacial score (nSPS) is 13.9. The number of aromatic nitrogens is 2. The third kappa shape index (κ3) is 6.10. The Balaban J connectivity index is 2.32. The highest BCUT2D eigenvalue weighted by Crippen LogP contribution is 2.24. The second kappa shape index (κ2) is 6.42. The lowest BCUT2D eigenvalue weighted by molar-refractivity contribution is 0.537. The molecule has 0 spiro atoms. The number of nitrogens with zero attached hydrogens (tertiary/aromatic N) is 2. The van der Waals surface area contributed by atoms with Crippen LogP contribution in [0.25, 0.3) is 0 Å². The number of hydrazine groups is 1. The largest absolute Gasteiger partial charge is 0.276 e. The van der Waals surface area contributed by atoms with Gasteiger partial charge < -0.3 is 0 Å². The van der Waals surface area contributed by atoms with Crippen LogP contribution in [0.1, 0.15) is 32.8 Å². The molecule has 3 N–H and O–H groups in total. The van der Waals surface area contributed by atoms with E-state index in [0.717, 1.165) is 18.6 Å². The van der Waals surface area contributed by atoms with Gasteiger partial charge in [0.2, 0.25) is 0 Å². The number of nitrogens with one attached hydrogen (secondary N) is 1. The Labute approximate surface area is 108 Å². The second-order valence-electron chi connectivity index (χ2n) is 5.35. The van der Waals surface area contributed by atoms with Gasteiger partial charge in [0.1, 0.15) is 0 Å². The molecule has 0 radical (unpaired) electrons. The van der Waals surface area contributed by atoms with Crippen LogP contribution in [0.2, 0.25) is 0 Å². The van der Waals surface area contributed by atoms with Gasteiger partial charge in [-0.2, -0.15) is 16.9 Å². The molecule has 98 valence electrons. The van der Waals surface area contributed by atoms with Crippen molar-refractivity contribution in [2.45, 2.75) is 44.4 Å². The number of hydrogen-bond donors (Lipinski definition) is 2. The SMILES string of the molecule is Cn1cc(CCC(CSC(C)(C)C)NN)cn1. The van der Waals surface area contributed by atoms with E-state index in [1.807, 2.05) is 29.7 Å². The van der Waals surface area contributed by atoms with Gasteiger partial charge in [0, 0.05) is 29.8 Å². The average Bonchev–Trinajstić information content (AvgIpc) is 2.63. The fourth-order valence-corrected chi connectivity index (χ4v) is 2.47. The lowest BCUT2D eigenvalue weighted by Crippen LogP contribution is -2.38. The molecule has 1 unspecified atom stereocenters. The molecule has 1 rings (SSSR count). The number of rotatable bonds is 6. The zero-order valence-electron chi connectivity index (χ0n) is 11.2. The standard InChI is InChI=1S/C12H24N4S/c1-12(2,3)17-9-11(15-13)6-5-10-7-14-16(4)8-10/h7-8,11,15H,5-6,9,13H2,1-4H3. The summed E-state index contributed by atoms with van der Waals surface area (Å²) >= 11 is 1.94. The summed E-state index contributed by atoms with van der Waals surface area (Å²) in [5.41, 5.74) is 4.18. The molecule has 17 heavy (non-hydrogen) atoms. The van der Waals surface area contributed by atoms with Crippen molar-refractivity contribution in [1.82, 2.24) is 15.2 Å². The summed E-state index contributed by atoms with van der Waals surface area (Å²) in [6.07, 6.45) is 6.05. The topological polar surface area (TPSA) is 55.9 Å². The second-order valence-corrected chi connectivity index (χ2v) is 7.19. The first-order valence-corrected chi connectivity index (χ1v) is 6.97. The van der Waals surface area contributed by atoms with Crippen LogP contribution in [0.15, 0.2) is 12.4 Å². The number of hydrogen-bond acceptors (Lipinski definition) is 4. The number of aryl methyl sites for hydroxylation is 2. The van der Waals surface area contributed by atoms with Gasteiger partial charge in [-0.05, 0) is 18.4 Å². The zero-order valence-corrected chi connectivity index (χ0v) is 12.0. The Morgan fingerprint density at radius 1 is 1.53 bits per heavy atom. The van der Waals surface area contributed by atoms with Crippen LogP contribution in [-0.4, -0.2) is 26.3 Å². The first-order chi connectivity index (χ1) is 7.90. The monoisotopic (exact) mass is 256 g/mol. The summed E-state index contributed by atoms with van der Waals surface area (Å²) in [7, 11) is 1.94. The van der Waals surface area contributed by atoms with E-state index in [1.165, 1.54) is 5.56 Å². The Bertz CT molecular complexity index is 329. The van der Waals surface area contributed by atoms with Crippen LogP contribution in [0, 0.1) is 0 Å². The van der Waals surface area contributed by atoms with E-state index < -0.39 is 0 Å². The first kappa shape index (κ1) is 14.5. The van der Waals surface area contributed by atoms with Gasteiger partial charge in [-0.25, -0.2) is 0 Å². The van der Waals surface area contributed by atoms with E-state index in [0.29, 0.717) is 10.8 Å². The third-order valence-electron chi connectivity index (χ3n) is 2.49. The van der Waals surface area contributed by atoms with Crippen molar-refractivity contribution < 1.29 is 0 Å². The van der Waals surface area contributed by atoms with E-state index in [4.69, 9.17) is 5.84 Å². The molecule has 0 aliphatic carbocycles. The molecule has 0 fully saturated rings. The van der Waals surface area contributed by atoms with E-state index in [1.54, 1.807) is 0 Å². The van der Waals surface area contributed by atoms with Crippen LogP contribution in [-0.2, 0) is 13.5 Å². The van der Waals surface area contributed by atoms with Crippen LogP contribution in [0.3, 0.4) is 0 Å². The summed E-state index contributed by atoms with van der Waals surface area (Å²) < 4.78 is 2.13. The molecule has 0 saturated heterocycles. The van der Waals surface area contributed by atoms with Crippen molar-refractivity contribution >= 4 is 11.8 Å². The summed E-state index contributed by atoms with van der Waals surface area (Å²) in [6, 6.07) is 0.361. The summed E-state index contributed by atoms with van der Waals surface area (Å²) in [5.74, 6) is 6.63. The van der Waals surface area contributed by atoms with E-state index in [9.17, 15) is 0 Å². The predicted octanol–water partition coefficient (Wildman–Crippen LogP) is 1.72. The van der Waals surface area contributed by atoms with Crippen LogP contribution in [0.4, 0.5) is 0 Å². The van der Waals surface area contributed by atoms with Gasteiger partial charge in [-0.1, -0.05) is 20.8 Å². The third-order valence-corrected chi connectivity index (χ3v) is 3.93. The highest BCUT2D eigenvalue weighted by atomic mass is 32.2. The van der Waals surface area contributed by atoms with Gasteiger partial charge in [-0.3, -0.25) is 16.0 Å². The molecule has 1 aromatic heterocycles. The van der Waals surface area contributed by atoms with Crippen LogP contribution in [0.5, 0.6) is 0 Å². The molecule has 5 heteroatoms. The molecular formula is C12H24N4S. The average molecular weight is 256 g/mol. The smallest absolute Gasteiger partial charge is 0.0521 e. The van der Waals surface area contributed by atoms with Gasteiger partial charge in [0.25, 0.3) is 0 Å². The predicted molar refractivity (Wildman–Crippen MR) is 74.9 cm³/mol. The number of thioether (sulfide) groups is 1. The fraction of sp³-hybridized carbons (Fsp3) is 0.750. The fourth-order valence-electron chi connectivity index (χ4n) is 1.51. The molecule has 0 aliphatic rings. The molecule has 4 nitrogen and oxygen atoms in total. The molecule has 1 heterocycles. The molecule has 1 atom stereocenters. The minimum atomic E-state index is 0.295. The molecule has 0 aliphatic heterocycles. The Morgan fingerprint density at radius 3 is 2.71 bits per heavy atom. The maximum atomic E-state index is 5.59. The van der Waals surface area contributed by atoms with E-state index >= 15 is 0 Å². The lowest BCUT2D eigenvalue weighted by Gasteiger charge is -2.22. The summed E-state index contributed by atoms with van der Waals surface area (Å²) in [4.78, 5) is 0. The van der Waals surface area contributed by atoms with E-state index in [-0.39, 0.29) is 0 Å². The first-order valence-electron chi connectivity index (χ1n) is 5.98. The molecule has 1 aromatic rings. The maximum Gasteiger partial charge on any atom is 0.0521 e. The van der Waals surface area contributed by atoms with Crippen molar-refractivity contribution in [3.63, 3.8) is 0 Å². The van der Waals surface area contributed by atoms with Gasteiger partial charge in [0.05, 0.1) is 6.20 Å². The highest BCUT2D eigenvalue weighted by Gasteiger charge is 2.15. The van der Waals surface area contributed by atoms with Crippen molar-refractivity contribution in [2.24, 2.45) is 12.9 Å². The molecule has 0 bridgehead atoms. The lowest BCUT2D eigenvalue weighted by atomic mass is 10.1. The molecule has 0 amide bonds. The van der Waals surface area contributed by atoms with Crippen LogP contribution >= 0.6 is 11.8 Å². The Kier molecular flexibility index (Phi) is 5.49. The summed E-state index contributed by atoms with van der Waals surface area (Å²) in [5, 5.41) is 4.17. The van der Waals surface area contributed by atoms with Gasteiger partial charge in [-0.15, -0.1) is 0 Å². The molecular weight excluding hydrogens is 232 g/mol. The quantitative estimate of drug-likeness (QED) is 0.601. The minimum Gasteiger partial charge on any atom is -0.276 e. The zero-order chi connectivity index (χ0) is 12.9. The van der Waals surface area contributed by atoms with Crippen LogP contribution < -0.4 is 11.3 Å².